The molecule has 164 valence electrons. The molecule has 3 heterocycles. The standard InChI is InChI=1S/C24H29N3O3S/c1-3-5-15-31(29,30)18-9-10-22(27-13-7-6-8-14-27)20(16-18)21-17-26(4-2)24(28)23-19(21)11-12-25-23/h4,9-12,16-17,25H,2-3,5-8,13-15H2,1H3. The van der Waals surface area contributed by atoms with Crippen molar-refractivity contribution in [3.05, 3.63) is 53.6 Å². The number of pyridine rings is 1. The number of H-pyrrole nitrogens is 1. The fraction of sp³-hybridized carbons (Fsp3) is 0.375. The molecule has 0 amide bonds. The van der Waals surface area contributed by atoms with E-state index in [-0.39, 0.29) is 11.3 Å². The van der Waals surface area contributed by atoms with Crippen LogP contribution < -0.4 is 10.5 Å². The molecule has 0 spiro atoms. The van der Waals surface area contributed by atoms with E-state index < -0.39 is 9.84 Å². The van der Waals surface area contributed by atoms with Crippen molar-refractivity contribution in [3.63, 3.8) is 0 Å². The zero-order chi connectivity index (χ0) is 22.0. The minimum absolute atomic E-state index is 0.137. The fourth-order valence-corrected chi connectivity index (χ4v) is 5.78. The zero-order valence-corrected chi connectivity index (χ0v) is 18.7. The maximum absolute atomic E-state index is 13.0. The van der Waals surface area contributed by atoms with E-state index in [1.54, 1.807) is 24.5 Å². The summed E-state index contributed by atoms with van der Waals surface area (Å²) in [6.07, 6.45) is 9.87. The first-order valence-electron chi connectivity index (χ1n) is 10.9. The molecule has 0 aliphatic carbocycles. The number of fused-ring (bicyclic) bond motifs is 1. The van der Waals surface area contributed by atoms with Crippen LogP contribution in [0, 0.1) is 0 Å². The van der Waals surface area contributed by atoms with Gasteiger partial charge in [0, 0.05) is 53.9 Å². The van der Waals surface area contributed by atoms with Gasteiger partial charge in [0.2, 0.25) is 0 Å². The highest BCUT2D eigenvalue weighted by atomic mass is 32.2. The number of aromatic nitrogens is 2. The van der Waals surface area contributed by atoms with Crippen LogP contribution in [0.5, 0.6) is 0 Å². The predicted octanol–water partition coefficient (Wildman–Crippen LogP) is 4.66. The Hall–Kier alpha value is -2.80. The predicted molar refractivity (Wildman–Crippen MR) is 127 cm³/mol. The van der Waals surface area contributed by atoms with E-state index in [1.165, 1.54) is 17.2 Å². The highest BCUT2D eigenvalue weighted by molar-refractivity contribution is 7.91. The molecule has 3 aromatic rings. The van der Waals surface area contributed by atoms with Crippen LogP contribution in [0.2, 0.25) is 0 Å². The van der Waals surface area contributed by atoms with Crippen molar-refractivity contribution in [2.45, 2.75) is 43.9 Å². The maximum Gasteiger partial charge on any atom is 0.278 e. The van der Waals surface area contributed by atoms with Gasteiger partial charge in [-0.15, -0.1) is 0 Å². The first-order valence-corrected chi connectivity index (χ1v) is 12.6. The van der Waals surface area contributed by atoms with Crippen LogP contribution in [0.25, 0.3) is 28.2 Å². The van der Waals surface area contributed by atoms with Gasteiger partial charge in [-0.3, -0.25) is 9.36 Å². The van der Waals surface area contributed by atoms with Crippen LogP contribution in [0.4, 0.5) is 5.69 Å². The van der Waals surface area contributed by atoms with Crippen molar-refractivity contribution in [1.29, 1.82) is 0 Å². The average Bonchev–Trinajstić information content (AvgIpc) is 3.29. The van der Waals surface area contributed by atoms with Crippen LogP contribution in [0.15, 0.2) is 52.9 Å². The highest BCUT2D eigenvalue weighted by Gasteiger charge is 2.22. The van der Waals surface area contributed by atoms with Crippen molar-refractivity contribution < 1.29 is 8.42 Å². The molecule has 0 atom stereocenters. The lowest BCUT2D eigenvalue weighted by Crippen LogP contribution is -2.30. The molecule has 1 aromatic carbocycles. The number of hydrogen-bond donors (Lipinski definition) is 1. The van der Waals surface area contributed by atoms with Gasteiger partial charge in [0.25, 0.3) is 5.56 Å². The molecule has 7 heteroatoms. The number of sulfone groups is 1. The van der Waals surface area contributed by atoms with Crippen LogP contribution in [-0.4, -0.2) is 36.8 Å². The number of nitrogens with zero attached hydrogens (tertiary/aromatic N) is 2. The van der Waals surface area contributed by atoms with Crippen molar-refractivity contribution >= 4 is 32.6 Å². The summed E-state index contributed by atoms with van der Waals surface area (Å²) < 4.78 is 27.4. The summed E-state index contributed by atoms with van der Waals surface area (Å²) in [6.45, 7) is 7.62. The Morgan fingerprint density at radius 3 is 2.61 bits per heavy atom. The number of benzene rings is 1. The van der Waals surface area contributed by atoms with E-state index in [0.29, 0.717) is 16.8 Å². The van der Waals surface area contributed by atoms with Gasteiger partial charge in [-0.25, -0.2) is 8.42 Å². The molecule has 0 bridgehead atoms. The molecule has 6 nitrogen and oxygen atoms in total. The first-order chi connectivity index (χ1) is 15.0. The van der Waals surface area contributed by atoms with E-state index in [4.69, 9.17) is 0 Å². The van der Waals surface area contributed by atoms with E-state index in [9.17, 15) is 13.2 Å². The molecule has 1 aliphatic rings. The van der Waals surface area contributed by atoms with Gasteiger partial charge in [0.1, 0.15) is 5.52 Å². The number of aromatic amines is 1. The number of hydrogen-bond acceptors (Lipinski definition) is 4. The quantitative estimate of drug-likeness (QED) is 0.581. The number of nitrogens with one attached hydrogen (secondary N) is 1. The van der Waals surface area contributed by atoms with Crippen LogP contribution >= 0.6 is 0 Å². The summed E-state index contributed by atoms with van der Waals surface area (Å²) in [5, 5.41) is 0.782. The van der Waals surface area contributed by atoms with Gasteiger partial charge < -0.3 is 9.88 Å². The van der Waals surface area contributed by atoms with Gasteiger partial charge in [0.05, 0.1) is 10.6 Å². The lowest BCUT2D eigenvalue weighted by atomic mass is 9.99. The topological polar surface area (TPSA) is 75.2 Å². The van der Waals surface area contributed by atoms with Gasteiger partial charge in [-0.2, -0.15) is 0 Å². The Balaban J connectivity index is 1.96. The Bertz CT molecular complexity index is 1260. The lowest BCUT2D eigenvalue weighted by molar-refractivity contribution is 0.578. The summed E-state index contributed by atoms with van der Waals surface area (Å²) in [5.74, 6) is 0.137. The summed E-state index contributed by atoms with van der Waals surface area (Å²) in [4.78, 5) is 18.4. The van der Waals surface area contributed by atoms with E-state index >= 15 is 0 Å². The van der Waals surface area contributed by atoms with E-state index in [2.05, 4.69) is 16.5 Å². The number of unbranched alkanes of at least 4 members (excludes halogenated alkanes) is 1. The Morgan fingerprint density at radius 1 is 1.13 bits per heavy atom. The molecule has 4 rings (SSSR count). The Kier molecular flexibility index (Phi) is 6.05. The summed E-state index contributed by atoms with van der Waals surface area (Å²) in [6, 6.07) is 7.32. The van der Waals surface area contributed by atoms with Crippen LogP contribution in [0.1, 0.15) is 39.0 Å². The van der Waals surface area contributed by atoms with Gasteiger partial charge in [-0.1, -0.05) is 19.9 Å². The second-order valence-corrected chi connectivity index (χ2v) is 10.2. The molecule has 31 heavy (non-hydrogen) atoms. The lowest BCUT2D eigenvalue weighted by Gasteiger charge is -2.31. The highest BCUT2D eigenvalue weighted by Crippen LogP contribution is 2.37. The normalized spacial score (nSPS) is 14.8. The van der Waals surface area contributed by atoms with E-state index in [0.717, 1.165) is 54.6 Å². The summed E-state index contributed by atoms with van der Waals surface area (Å²) >= 11 is 0. The van der Waals surface area contributed by atoms with Crippen molar-refractivity contribution in [1.82, 2.24) is 9.55 Å². The third-order valence-electron chi connectivity index (χ3n) is 6.03. The Morgan fingerprint density at radius 2 is 1.90 bits per heavy atom. The molecule has 1 N–H and O–H groups in total. The van der Waals surface area contributed by atoms with Crippen molar-refractivity contribution in [2.24, 2.45) is 0 Å². The molecular weight excluding hydrogens is 410 g/mol. The average molecular weight is 440 g/mol. The van der Waals surface area contributed by atoms with Crippen LogP contribution in [-0.2, 0) is 9.84 Å². The molecule has 1 fully saturated rings. The molecule has 1 saturated heterocycles. The minimum atomic E-state index is -3.38. The number of anilines is 1. The smallest absolute Gasteiger partial charge is 0.278 e. The molecule has 0 radical (unpaired) electrons. The number of rotatable bonds is 7. The summed E-state index contributed by atoms with van der Waals surface area (Å²) in [7, 11) is -3.38. The monoisotopic (exact) mass is 439 g/mol. The third kappa shape index (κ3) is 4.06. The summed E-state index contributed by atoms with van der Waals surface area (Å²) in [5.41, 5.74) is 2.97. The SMILES string of the molecule is C=Cn1cc(-c2cc(S(=O)(=O)CCCC)ccc2N2CCCCC2)c2cc[nH]c2c1=O. The van der Waals surface area contributed by atoms with Crippen molar-refractivity contribution in [3.8, 4) is 11.1 Å². The fourth-order valence-electron chi connectivity index (χ4n) is 4.30. The first kappa shape index (κ1) is 21.4. The van der Waals surface area contributed by atoms with Crippen molar-refractivity contribution in [2.75, 3.05) is 23.7 Å². The largest absolute Gasteiger partial charge is 0.371 e. The van der Waals surface area contributed by atoms with Gasteiger partial charge >= 0.3 is 0 Å². The maximum atomic E-state index is 13.0. The molecule has 0 saturated carbocycles. The third-order valence-corrected chi connectivity index (χ3v) is 7.83. The Labute approximate surface area is 183 Å². The molecule has 0 unspecified atom stereocenters. The zero-order valence-electron chi connectivity index (χ0n) is 17.9. The molecule has 1 aliphatic heterocycles. The second kappa shape index (κ2) is 8.75. The minimum Gasteiger partial charge on any atom is -0.371 e. The number of piperidine rings is 1. The van der Waals surface area contributed by atoms with E-state index in [1.807, 2.05) is 19.1 Å². The van der Waals surface area contributed by atoms with Gasteiger partial charge in [0.15, 0.2) is 9.84 Å². The van der Waals surface area contributed by atoms with Gasteiger partial charge in [-0.05, 0) is 49.9 Å². The van der Waals surface area contributed by atoms with Crippen LogP contribution in [0.3, 0.4) is 0 Å². The second-order valence-electron chi connectivity index (χ2n) is 8.10. The molecule has 2 aromatic heterocycles. The molecular formula is C24H29N3O3S.